The standard InChI is InChI=1S/C50H31N5/c51-32-36-13-12-22-47(45(36)33-52)55-48-27-24-34(35-23-26-42-41-20-10-11-21-46(41)54(50(42)30-35)39-18-8-3-9-19-39)29-43(48)44-31-40(25-28-49(44)55)53(37-14-4-1-5-15-37)38-16-6-2-7-17-38/h1-31H. The van der Waals surface area contributed by atoms with Gasteiger partial charge in [-0.3, -0.25) is 0 Å². The van der Waals surface area contributed by atoms with Crippen molar-refractivity contribution in [3.05, 3.63) is 199 Å². The predicted octanol–water partition coefficient (Wildman–Crippen LogP) is 12.8. The van der Waals surface area contributed by atoms with Crippen molar-refractivity contribution in [1.29, 1.82) is 10.5 Å². The highest BCUT2D eigenvalue weighted by molar-refractivity contribution is 6.13. The molecule has 0 atom stereocenters. The van der Waals surface area contributed by atoms with E-state index in [0.29, 0.717) is 16.8 Å². The van der Waals surface area contributed by atoms with Crippen LogP contribution < -0.4 is 4.90 Å². The number of benzene rings is 8. The molecule has 0 saturated carbocycles. The first-order valence-corrected chi connectivity index (χ1v) is 18.2. The Morgan fingerprint density at radius 2 is 0.964 bits per heavy atom. The zero-order chi connectivity index (χ0) is 36.9. The molecule has 0 saturated heterocycles. The first-order valence-electron chi connectivity index (χ1n) is 18.2. The van der Waals surface area contributed by atoms with Gasteiger partial charge in [-0.25, -0.2) is 0 Å². The predicted molar refractivity (Wildman–Crippen MR) is 225 cm³/mol. The molecule has 10 rings (SSSR count). The summed E-state index contributed by atoms with van der Waals surface area (Å²) in [5, 5.41) is 24.8. The third kappa shape index (κ3) is 5.15. The second-order valence-electron chi connectivity index (χ2n) is 13.6. The highest BCUT2D eigenvalue weighted by Crippen LogP contribution is 2.42. The molecule has 0 N–H and O–H groups in total. The average molecular weight is 702 g/mol. The molecule has 8 aromatic carbocycles. The van der Waals surface area contributed by atoms with E-state index in [1.165, 1.54) is 16.3 Å². The van der Waals surface area contributed by atoms with E-state index in [2.05, 4.69) is 184 Å². The summed E-state index contributed by atoms with van der Waals surface area (Å²) in [5.74, 6) is 0. The van der Waals surface area contributed by atoms with Gasteiger partial charge < -0.3 is 14.0 Å². The van der Waals surface area contributed by atoms with Gasteiger partial charge in [0.25, 0.3) is 0 Å². The quantitative estimate of drug-likeness (QED) is 0.173. The molecule has 0 radical (unpaired) electrons. The fourth-order valence-electron chi connectivity index (χ4n) is 8.13. The minimum Gasteiger partial charge on any atom is -0.310 e. The van der Waals surface area contributed by atoms with E-state index in [1.807, 2.05) is 24.3 Å². The summed E-state index contributed by atoms with van der Waals surface area (Å²) in [6.45, 7) is 0. The van der Waals surface area contributed by atoms with Crippen LogP contribution in [-0.4, -0.2) is 9.13 Å². The monoisotopic (exact) mass is 701 g/mol. The molecule has 5 nitrogen and oxygen atoms in total. The normalized spacial score (nSPS) is 11.2. The maximum absolute atomic E-state index is 10.4. The van der Waals surface area contributed by atoms with Gasteiger partial charge in [-0.05, 0) is 102 Å². The highest BCUT2D eigenvalue weighted by atomic mass is 15.1. The molecule has 2 heterocycles. The summed E-state index contributed by atoms with van der Waals surface area (Å²) in [6.07, 6.45) is 0. The van der Waals surface area contributed by atoms with Crippen LogP contribution in [0.3, 0.4) is 0 Å². The van der Waals surface area contributed by atoms with Gasteiger partial charge in [0.1, 0.15) is 12.1 Å². The number of hydrogen-bond acceptors (Lipinski definition) is 3. The van der Waals surface area contributed by atoms with Crippen molar-refractivity contribution in [2.75, 3.05) is 4.90 Å². The first kappa shape index (κ1) is 31.8. The van der Waals surface area contributed by atoms with Gasteiger partial charge in [0.05, 0.1) is 38.9 Å². The summed E-state index contributed by atoms with van der Waals surface area (Å²) in [5.41, 5.74) is 12.0. The Kier molecular flexibility index (Phi) is 7.51. The average Bonchev–Trinajstić information content (AvgIpc) is 3.76. The first-order chi connectivity index (χ1) is 27.2. The van der Waals surface area contributed by atoms with Crippen LogP contribution in [0.4, 0.5) is 17.1 Å². The van der Waals surface area contributed by atoms with Crippen molar-refractivity contribution in [2.24, 2.45) is 0 Å². The van der Waals surface area contributed by atoms with Crippen LogP contribution in [-0.2, 0) is 0 Å². The Hall–Kier alpha value is -7.86. The lowest BCUT2D eigenvalue weighted by Gasteiger charge is -2.25. The molecule has 256 valence electrons. The van der Waals surface area contributed by atoms with E-state index in [4.69, 9.17) is 0 Å². The Labute approximate surface area is 318 Å². The smallest absolute Gasteiger partial charge is 0.103 e. The fourth-order valence-corrected chi connectivity index (χ4v) is 8.13. The number of fused-ring (bicyclic) bond motifs is 6. The lowest BCUT2D eigenvalue weighted by Crippen LogP contribution is -2.09. The molecule has 0 amide bonds. The summed E-state index contributed by atoms with van der Waals surface area (Å²) in [4.78, 5) is 2.26. The molecule has 10 aromatic rings. The molecular formula is C50H31N5. The van der Waals surface area contributed by atoms with Crippen LogP contribution in [0.1, 0.15) is 11.1 Å². The van der Waals surface area contributed by atoms with Gasteiger partial charge in [0, 0.05) is 44.3 Å². The molecule has 0 fully saturated rings. The number of anilines is 3. The third-order valence-electron chi connectivity index (χ3n) is 10.6. The summed E-state index contributed by atoms with van der Waals surface area (Å²) in [7, 11) is 0. The van der Waals surface area contributed by atoms with Crippen molar-refractivity contribution in [2.45, 2.75) is 0 Å². The Morgan fingerprint density at radius 3 is 1.67 bits per heavy atom. The Bertz CT molecular complexity index is 3120. The number of nitrogens with zero attached hydrogens (tertiary/aromatic N) is 5. The van der Waals surface area contributed by atoms with E-state index in [1.54, 1.807) is 6.07 Å². The van der Waals surface area contributed by atoms with E-state index >= 15 is 0 Å². The fraction of sp³-hybridized carbons (Fsp3) is 0. The number of hydrogen-bond donors (Lipinski definition) is 0. The zero-order valence-electron chi connectivity index (χ0n) is 29.6. The molecule has 55 heavy (non-hydrogen) atoms. The SMILES string of the molecule is N#Cc1cccc(-n2c3ccc(-c4ccc5c6ccccc6n(-c6ccccc6)c5c4)cc3c3cc(N(c4ccccc4)c4ccccc4)ccc32)c1C#N. The molecular weight excluding hydrogens is 671 g/mol. The van der Waals surface area contributed by atoms with Gasteiger partial charge in [-0.1, -0.05) is 97.1 Å². The number of aromatic nitrogens is 2. The van der Waals surface area contributed by atoms with E-state index in [0.717, 1.165) is 61.2 Å². The van der Waals surface area contributed by atoms with Crippen molar-refractivity contribution < 1.29 is 0 Å². The number of rotatable bonds is 6. The minimum absolute atomic E-state index is 0.352. The van der Waals surface area contributed by atoms with Crippen LogP contribution in [0.25, 0.3) is 66.1 Å². The van der Waals surface area contributed by atoms with Gasteiger partial charge >= 0.3 is 0 Å². The maximum Gasteiger partial charge on any atom is 0.103 e. The van der Waals surface area contributed by atoms with E-state index < -0.39 is 0 Å². The van der Waals surface area contributed by atoms with Gasteiger partial charge in [0.15, 0.2) is 0 Å². The van der Waals surface area contributed by atoms with Crippen LogP contribution in [0, 0.1) is 22.7 Å². The molecule has 0 spiro atoms. The zero-order valence-corrected chi connectivity index (χ0v) is 29.6. The highest BCUT2D eigenvalue weighted by Gasteiger charge is 2.21. The lowest BCUT2D eigenvalue weighted by molar-refractivity contribution is 1.16. The second-order valence-corrected chi connectivity index (χ2v) is 13.6. The van der Waals surface area contributed by atoms with Crippen LogP contribution in [0.15, 0.2) is 188 Å². The van der Waals surface area contributed by atoms with Crippen LogP contribution in [0.2, 0.25) is 0 Å². The summed E-state index contributed by atoms with van der Waals surface area (Å²) < 4.78 is 4.47. The topological polar surface area (TPSA) is 60.7 Å². The minimum atomic E-state index is 0.352. The molecule has 0 aliphatic heterocycles. The lowest BCUT2D eigenvalue weighted by atomic mass is 10.0. The third-order valence-corrected chi connectivity index (χ3v) is 10.6. The Balaban J connectivity index is 1.24. The molecule has 5 heteroatoms. The van der Waals surface area contributed by atoms with Gasteiger partial charge in [-0.15, -0.1) is 0 Å². The molecule has 0 aliphatic rings. The van der Waals surface area contributed by atoms with Crippen molar-refractivity contribution >= 4 is 60.7 Å². The molecule has 0 unspecified atom stereocenters. The molecule has 0 aliphatic carbocycles. The second kappa shape index (κ2) is 13.0. The van der Waals surface area contributed by atoms with Crippen LogP contribution >= 0.6 is 0 Å². The molecule has 2 aromatic heterocycles. The summed E-state index contributed by atoms with van der Waals surface area (Å²) >= 11 is 0. The summed E-state index contributed by atoms with van der Waals surface area (Å²) in [6, 6.07) is 69.8. The molecule has 0 bridgehead atoms. The van der Waals surface area contributed by atoms with E-state index in [-0.39, 0.29) is 0 Å². The largest absolute Gasteiger partial charge is 0.310 e. The van der Waals surface area contributed by atoms with Crippen molar-refractivity contribution in [1.82, 2.24) is 9.13 Å². The number of nitriles is 2. The van der Waals surface area contributed by atoms with Gasteiger partial charge in [0.2, 0.25) is 0 Å². The number of para-hydroxylation sites is 4. The van der Waals surface area contributed by atoms with Crippen LogP contribution in [0.5, 0.6) is 0 Å². The Morgan fingerprint density at radius 1 is 0.382 bits per heavy atom. The van der Waals surface area contributed by atoms with E-state index in [9.17, 15) is 10.5 Å². The van der Waals surface area contributed by atoms with Gasteiger partial charge in [-0.2, -0.15) is 10.5 Å². The van der Waals surface area contributed by atoms with Crippen molar-refractivity contribution in [3.63, 3.8) is 0 Å². The maximum atomic E-state index is 10.4. The van der Waals surface area contributed by atoms with Crippen molar-refractivity contribution in [3.8, 4) is 34.6 Å².